The molecule has 0 aliphatic carbocycles. The summed E-state index contributed by atoms with van der Waals surface area (Å²) in [6.07, 6.45) is 0. The van der Waals surface area contributed by atoms with Gasteiger partial charge in [0, 0.05) is 23.7 Å². The molecule has 1 N–H and O–H groups in total. The lowest BCUT2D eigenvalue weighted by atomic mass is 10.2. The van der Waals surface area contributed by atoms with E-state index in [1.807, 2.05) is 18.2 Å². The minimum atomic E-state index is -0.256. The van der Waals surface area contributed by atoms with Gasteiger partial charge in [0.05, 0.1) is 6.54 Å². The molecule has 0 heterocycles. The Morgan fingerprint density at radius 1 is 1.23 bits per heavy atom. The summed E-state index contributed by atoms with van der Waals surface area (Å²) in [6.45, 7) is 1.01. The summed E-state index contributed by atoms with van der Waals surface area (Å²) in [5.74, 6) is -0.368. The predicted molar refractivity (Wildman–Crippen MR) is 86.0 cm³/mol. The molecule has 1 amide bonds. The van der Waals surface area contributed by atoms with Crippen LogP contribution in [0.4, 0.5) is 4.39 Å². The zero-order valence-corrected chi connectivity index (χ0v) is 13.1. The zero-order valence-electron chi connectivity index (χ0n) is 12.4. The topological polar surface area (TPSA) is 32.3 Å². The van der Waals surface area contributed by atoms with Crippen molar-refractivity contribution < 1.29 is 9.18 Å². The van der Waals surface area contributed by atoms with Crippen LogP contribution in [-0.4, -0.2) is 24.4 Å². The van der Waals surface area contributed by atoms with Gasteiger partial charge in [-0.1, -0.05) is 41.9 Å². The molecule has 0 bridgehead atoms. The third kappa shape index (κ3) is 5.13. The highest BCUT2D eigenvalue weighted by Gasteiger charge is 2.09. The maximum atomic E-state index is 13.6. The number of carbonyl (C=O) groups excluding carboxylic acids is 1. The Morgan fingerprint density at radius 2 is 2.00 bits per heavy atom. The number of carbonyl (C=O) groups is 1. The van der Waals surface area contributed by atoms with Crippen LogP contribution in [0.5, 0.6) is 0 Å². The number of halogens is 2. The molecule has 5 heteroatoms. The Balaban J connectivity index is 1.80. The van der Waals surface area contributed by atoms with Crippen LogP contribution in [0.15, 0.2) is 48.5 Å². The lowest BCUT2D eigenvalue weighted by Gasteiger charge is -2.16. The van der Waals surface area contributed by atoms with E-state index in [0.717, 1.165) is 5.56 Å². The molecule has 116 valence electrons. The predicted octanol–water partition coefficient (Wildman–Crippen LogP) is 3.23. The minimum Gasteiger partial charge on any atom is -0.351 e. The average molecular weight is 321 g/mol. The minimum absolute atomic E-state index is 0.112. The van der Waals surface area contributed by atoms with Crippen LogP contribution in [0.2, 0.25) is 5.02 Å². The molecule has 2 rings (SSSR count). The maximum absolute atomic E-state index is 13.6. The van der Waals surface area contributed by atoms with Gasteiger partial charge in [-0.05, 0) is 30.8 Å². The highest BCUT2D eigenvalue weighted by Crippen LogP contribution is 2.10. The summed E-state index contributed by atoms with van der Waals surface area (Å²) in [5, 5.41) is 3.47. The second-order valence-electron chi connectivity index (χ2n) is 5.17. The summed E-state index contributed by atoms with van der Waals surface area (Å²) in [4.78, 5) is 13.7. The van der Waals surface area contributed by atoms with Crippen molar-refractivity contribution in [3.05, 3.63) is 70.5 Å². The zero-order chi connectivity index (χ0) is 15.9. The quantitative estimate of drug-likeness (QED) is 0.886. The average Bonchev–Trinajstić information content (AvgIpc) is 2.47. The number of nitrogens with zero attached hydrogens (tertiary/aromatic N) is 1. The Hall–Kier alpha value is -1.91. The van der Waals surface area contributed by atoms with Gasteiger partial charge in [-0.25, -0.2) is 4.39 Å². The van der Waals surface area contributed by atoms with Gasteiger partial charge < -0.3 is 5.32 Å². The fraction of sp³-hybridized carbons (Fsp3) is 0.235. The van der Waals surface area contributed by atoms with Gasteiger partial charge in [0.15, 0.2) is 0 Å². The molecule has 3 nitrogen and oxygen atoms in total. The number of likely N-dealkylation sites (N-methyl/N-ethyl adjacent to an activating group) is 1. The van der Waals surface area contributed by atoms with E-state index in [2.05, 4.69) is 5.32 Å². The van der Waals surface area contributed by atoms with E-state index in [0.29, 0.717) is 23.7 Å². The van der Waals surface area contributed by atoms with E-state index in [4.69, 9.17) is 11.6 Å². The normalized spacial score (nSPS) is 10.7. The third-order valence-electron chi connectivity index (χ3n) is 3.19. The van der Waals surface area contributed by atoms with Gasteiger partial charge in [-0.3, -0.25) is 9.69 Å². The Bertz CT molecular complexity index is 648. The van der Waals surface area contributed by atoms with Crippen LogP contribution in [0, 0.1) is 5.82 Å². The SMILES string of the molecule is CN(CC(=O)NCc1cccc(Cl)c1)Cc1ccccc1F. The van der Waals surface area contributed by atoms with Crippen molar-refractivity contribution in [3.8, 4) is 0 Å². The number of rotatable bonds is 6. The molecule has 0 atom stereocenters. The Kier molecular flexibility index (Phi) is 5.92. The van der Waals surface area contributed by atoms with Gasteiger partial charge in [0.2, 0.25) is 5.91 Å². The van der Waals surface area contributed by atoms with E-state index in [9.17, 15) is 9.18 Å². The van der Waals surface area contributed by atoms with Crippen molar-refractivity contribution in [1.82, 2.24) is 10.2 Å². The Morgan fingerprint density at radius 3 is 2.73 bits per heavy atom. The second-order valence-corrected chi connectivity index (χ2v) is 5.61. The molecule has 0 radical (unpaired) electrons. The first-order chi connectivity index (χ1) is 10.5. The molecule has 0 unspecified atom stereocenters. The number of benzene rings is 2. The van der Waals surface area contributed by atoms with Crippen LogP contribution in [0.3, 0.4) is 0 Å². The molecule has 2 aromatic carbocycles. The summed E-state index contributed by atoms with van der Waals surface area (Å²) in [7, 11) is 1.78. The highest BCUT2D eigenvalue weighted by molar-refractivity contribution is 6.30. The van der Waals surface area contributed by atoms with Crippen molar-refractivity contribution >= 4 is 17.5 Å². The number of nitrogens with one attached hydrogen (secondary N) is 1. The largest absolute Gasteiger partial charge is 0.351 e. The van der Waals surface area contributed by atoms with E-state index in [1.165, 1.54) is 6.07 Å². The highest BCUT2D eigenvalue weighted by atomic mass is 35.5. The third-order valence-corrected chi connectivity index (χ3v) is 3.43. The van der Waals surface area contributed by atoms with Crippen LogP contribution < -0.4 is 5.32 Å². The van der Waals surface area contributed by atoms with Crippen LogP contribution in [0.25, 0.3) is 0 Å². The standard InChI is InChI=1S/C17H18ClFN2O/c1-21(11-14-6-2-3-8-16(14)19)12-17(22)20-10-13-5-4-7-15(18)9-13/h2-9H,10-12H2,1H3,(H,20,22). The first kappa shape index (κ1) is 16.5. The maximum Gasteiger partial charge on any atom is 0.234 e. The van der Waals surface area contributed by atoms with Crippen LogP contribution in [0.1, 0.15) is 11.1 Å². The van der Waals surface area contributed by atoms with Gasteiger partial charge in [0.1, 0.15) is 5.82 Å². The van der Waals surface area contributed by atoms with Gasteiger partial charge in [0.25, 0.3) is 0 Å². The monoisotopic (exact) mass is 320 g/mol. The smallest absolute Gasteiger partial charge is 0.234 e. The van der Waals surface area contributed by atoms with Gasteiger partial charge in [-0.15, -0.1) is 0 Å². The van der Waals surface area contributed by atoms with Crippen molar-refractivity contribution in [3.63, 3.8) is 0 Å². The number of hydrogen-bond acceptors (Lipinski definition) is 2. The van der Waals surface area contributed by atoms with Crippen molar-refractivity contribution in [2.24, 2.45) is 0 Å². The molecule has 0 saturated heterocycles. The number of hydrogen-bond donors (Lipinski definition) is 1. The molecule has 0 saturated carbocycles. The molecule has 0 aliphatic heterocycles. The van der Waals surface area contributed by atoms with Gasteiger partial charge >= 0.3 is 0 Å². The molecule has 0 aromatic heterocycles. The Labute approximate surface area is 134 Å². The number of amides is 1. The second kappa shape index (κ2) is 7.92. The lowest BCUT2D eigenvalue weighted by molar-refractivity contribution is -0.122. The molecule has 22 heavy (non-hydrogen) atoms. The first-order valence-electron chi connectivity index (χ1n) is 6.97. The summed E-state index contributed by atoms with van der Waals surface area (Å²) >= 11 is 5.89. The summed E-state index contributed by atoms with van der Waals surface area (Å²) in [5.41, 5.74) is 1.52. The van der Waals surface area contributed by atoms with Crippen molar-refractivity contribution in [2.45, 2.75) is 13.1 Å². The molecular formula is C17H18ClFN2O. The van der Waals surface area contributed by atoms with Crippen molar-refractivity contribution in [1.29, 1.82) is 0 Å². The van der Waals surface area contributed by atoms with Crippen molar-refractivity contribution in [2.75, 3.05) is 13.6 Å². The molecule has 0 spiro atoms. The fourth-order valence-corrected chi connectivity index (χ4v) is 2.33. The summed E-state index contributed by atoms with van der Waals surface area (Å²) in [6, 6.07) is 13.9. The van der Waals surface area contributed by atoms with E-state index >= 15 is 0 Å². The molecule has 0 fully saturated rings. The summed E-state index contributed by atoms with van der Waals surface area (Å²) < 4.78 is 13.6. The van der Waals surface area contributed by atoms with Crippen LogP contribution in [-0.2, 0) is 17.9 Å². The molecular weight excluding hydrogens is 303 g/mol. The molecule has 0 aliphatic rings. The fourth-order valence-electron chi connectivity index (χ4n) is 2.12. The van der Waals surface area contributed by atoms with E-state index in [-0.39, 0.29) is 18.3 Å². The van der Waals surface area contributed by atoms with E-state index < -0.39 is 0 Å². The molecule has 2 aromatic rings. The van der Waals surface area contributed by atoms with Crippen LogP contribution >= 0.6 is 11.6 Å². The lowest BCUT2D eigenvalue weighted by Crippen LogP contribution is -2.34. The van der Waals surface area contributed by atoms with Gasteiger partial charge in [-0.2, -0.15) is 0 Å². The first-order valence-corrected chi connectivity index (χ1v) is 7.35. The van der Waals surface area contributed by atoms with E-state index in [1.54, 1.807) is 36.2 Å².